The maximum atomic E-state index is 14.6. The number of hydrogen-bond donors (Lipinski definition) is 1. The van der Waals surface area contributed by atoms with Gasteiger partial charge in [0.1, 0.15) is 15.7 Å². The number of methoxy groups -OCH3 is 1. The number of fused-ring (bicyclic) bond motifs is 5. The van der Waals surface area contributed by atoms with Crippen molar-refractivity contribution in [1.29, 1.82) is 0 Å². The Bertz CT molecular complexity index is 1820. The molecule has 3 amide bonds. The minimum Gasteiger partial charge on any atom is -0.490 e. The van der Waals surface area contributed by atoms with Gasteiger partial charge in [-0.2, -0.15) is 0 Å². The molecule has 8 rings (SSSR count). The summed E-state index contributed by atoms with van der Waals surface area (Å²) in [5.74, 6) is 0.716. The van der Waals surface area contributed by atoms with Crippen LogP contribution in [-0.4, -0.2) is 85.5 Å². The predicted molar refractivity (Wildman–Crippen MR) is 189 cm³/mol. The maximum Gasteiger partial charge on any atom is 0.330 e. The number of allylic oxidation sites excluding steroid dienone is 1. The molecule has 10 nitrogen and oxygen atoms in total. The fraction of sp³-hybridized carbons (Fsp3) is 0.568. The van der Waals surface area contributed by atoms with E-state index in [2.05, 4.69) is 32.2 Å². The van der Waals surface area contributed by atoms with Gasteiger partial charge >= 0.3 is 6.03 Å². The number of ether oxygens (including phenoxy) is 3. The van der Waals surface area contributed by atoms with Crippen LogP contribution in [0.3, 0.4) is 0 Å². The van der Waals surface area contributed by atoms with Gasteiger partial charge in [0.05, 0.1) is 43.3 Å². The van der Waals surface area contributed by atoms with Gasteiger partial charge in [-0.15, -0.1) is 4.36 Å². The Morgan fingerprint density at radius 1 is 1.18 bits per heavy atom. The predicted octanol–water partition coefficient (Wildman–Crippen LogP) is 5.77. The van der Waals surface area contributed by atoms with Gasteiger partial charge in [0.25, 0.3) is 5.91 Å². The number of carbonyl (C=O) groups excluding carboxylic acids is 2. The summed E-state index contributed by atoms with van der Waals surface area (Å²) in [6.07, 6.45) is 7.84. The number of halogens is 1. The van der Waals surface area contributed by atoms with Crippen molar-refractivity contribution in [2.75, 3.05) is 57.2 Å². The van der Waals surface area contributed by atoms with Crippen LogP contribution in [0.1, 0.15) is 60.5 Å². The SMILES string of the molecule is CCOC1CN(C(=O)NS2(=O)=NC(=O)c3ccc4c(c3)N(C[C@@H]3CC[C@H]3[C@@H](OC)C3=CC[C@@H]3C2)C[C@@]2(CCCc3cc(Cl)ccc32)CO4)C1. The molecule has 2 fully saturated rings. The van der Waals surface area contributed by atoms with Crippen molar-refractivity contribution in [3.63, 3.8) is 0 Å². The molecule has 12 heteroatoms. The molecule has 49 heavy (non-hydrogen) atoms. The number of urea groups is 1. The van der Waals surface area contributed by atoms with Crippen LogP contribution in [0, 0.1) is 17.8 Å². The number of amides is 3. The Kier molecular flexibility index (Phi) is 8.69. The summed E-state index contributed by atoms with van der Waals surface area (Å²) in [7, 11) is -1.73. The Morgan fingerprint density at radius 3 is 2.78 bits per heavy atom. The number of nitrogens with one attached hydrogen (secondary N) is 1. The standard InChI is InChI=1S/C37H45ClN4O6S/c1-3-47-28-18-41(19-28)36(44)40-49(45)20-26-7-11-30(26)34(46-2)29-10-6-25(29)17-42-21-37(14-4-5-23-15-27(38)9-12-31(23)37)22-48-33-13-8-24(16-32(33)42)35(43)39-49/h8-9,11-13,15-16,25-26,28-29,34H,3-7,10,14,17-22H2,1-2H3,(H,39,40,43,44,45)/t25-,26+,29+,34+,37-,49?/m0/s1. The fourth-order valence-corrected chi connectivity index (χ4v) is 11.0. The number of benzene rings is 2. The molecule has 3 heterocycles. The van der Waals surface area contributed by atoms with Gasteiger partial charge in [0, 0.05) is 42.8 Å². The number of nitrogens with zero attached hydrogens (tertiary/aromatic N) is 3. The highest BCUT2D eigenvalue weighted by Gasteiger charge is 2.47. The zero-order chi connectivity index (χ0) is 33.9. The first-order chi connectivity index (χ1) is 23.7. The summed E-state index contributed by atoms with van der Waals surface area (Å²) >= 11 is 6.45. The minimum absolute atomic E-state index is 0.0428. The van der Waals surface area contributed by atoms with Gasteiger partial charge in [-0.25, -0.2) is 9.00 Å². The normalized spacial score (nSPS) is 32.3. The van der Waals surface area contributed by atoms with E-state index in [0.29, 0.717) is 50.1 Å². The zero-order valence-corrected chi connectivity index (χ0v) is 29.8. The summed E-state index contributed by atoms with van der Waals surface area (Å²) < 4.78 is 40.1. The molecule has 1 saturated carbocycles. The van der Waals surface area contributed by atoms with E-state index < -0.39 is 21.9 Å². The van der Waals surface area contributed by atoms with Gasteiger partial charge in [-0.1, -0.05) is 23.7 Å². The molecule has 1 spiro atoms. The second-order valence-corrected chi connectivity index (χ2v) is 17.1. The van der Waals surface area contributed by atoms with E-state index in [0.717, 1.165) is 67.2 Å². The quantitative estimate of drug-likeness (QED) is 0.402. The van der Waals surface area contributed by atoms with Crippen molar-refractivity contribution in [2.24, 2.45) is 22.1 Å². The number of rotatable bonds is 4. The third-order valence-corrected chi connectivity index (χ3v) is 13.8. The minimum atomic E-state index is -3.48. The fourth-order valence-electron chi connectivity index (χ4n) is 8.95. The molecule has 1 N–H and O–H groups in total. The Balaban J connectivity index is 1.18. The van der Waals surface area contributed by atoms with Gasteiger partial charge in [0.2, 0.25) is 0 Å². The summed E-state index contributed by atoms with van der Waals surface area (Å²) in [4.78, 5) is 31.2. The topological polar surface area (TPSA) is 110 Å². The monoisotopic (exact) mass is 708 g/mol. The maximum absolute atomic E-state index is 14.6. The van der Waals surface area contributed by atoms with E-state index >= 15 is 0 Å². The molecule has 0 radical (unpaired) electrons. The molecular weight excluding hydrogens is 664 g/mol. The highest BCUT2D eigenvalue weighted by molar-refractivity contribution is 7.92. The number of anilines is 1. The van der Waals surface area contributed by atoms with E-state index in [1.807, 2.05) is 25.1 Å². The Labute approximate surface area is 293 Å². The van der Waals surface area contributed by atoms with E-state index in [4.69, 9.17) is 25.8 Å². The van der Waals surface area contributed by atoms with Crippen molar-refractivity contribution in [3.05, 3.63) is 69.8 Å². The van der Waals surface area contributed by atoms with E-state index in [-0.39, 0.29) is 29.3 Å². The molecule has 2 bridgehead atoms. The molecule has 262 valence electrons. The van der Waals surface area contributed by atoms with Crippen molar-refractivity contribution in [3.8, 4) is 5.75 Å². The average Bonchev–Trinajstić information content (AvgIpc) is 3.18. The van der Waals surface area contributed by atoms with E-state index in [9.17, 15) is 13.8 Å². The van der Waals surface area contributed by atoms with Crippen molar-refractivity contribution in [1.82, 2.24) is 9.62 Å². The van der Waals surface area contributed by atoms with E-state index in [1.54, 1.807) is 18.1 Å². The molecule has 0 aromatic heterocycles. The summed E-state index contributed by atoms with van der Waals surface area (Å²) in [6, 6.07) is 11.2. The average molecular weight is 709 g/mol. The smallest absolute Gasteiger partial charge is 0.330 e. The molecule has 2 aromatic carbocycles. The first-order valence-electron chi connectivity index (χ1n) is 17.7. The van der Waals surface area contributed by atoms with Crippen molar-refractivity contribution >= 4 is 39.1 Å². The van der Waals surface area contributed by atoms with Gasteiger partial charge in [-0.05, 0) is 110 Å². The largest absolute Gasteiger partial charge is 0.490 e. The Morgan fingerprint density at radius 2 is 2.04 bits per heavy atom. The lowest BCUT2D eigenvalue weighted by Crippen LogP contribution is -2.58. The number of hydrogen-bond acceptors (Lipinski definition) is 7. The van der Waals surface area contributed by atoms with Crippen LogP contribution in [0.25, 0.3) is 0 Å². The van der Waals surface area contributed by atoms with Crippen LogP contribution in [-0.2, 0) is 31.2 Å². The third-order valence-electron chi connectivity index (χ3n) is 11.7. The molecule has 6 atom stereocenters. The second-order valence-electron chi connectivity index (χ2n) is 14.7. The van der Waals surface area contributed by atoms with Crippen LogP contribution >= 0.6 is 11.6 Å². The summed E-state index contributed by atoms with van der Waals surface area (Å²) in [5, 5.41) is 0.748. The highest BCUT2D eigenvalue weighted by Crippen LogP contribution is 2.49. The van der Waals surface area contributed by atoms with Gasteiger partial charge in [-0.3, -0.25) is 9.52 Å². The lowest BCUT2D eigenvalue weighted by atomic mass is 9.65. The second kappa shape index (κ2) is 12.9. The molecule has 1 saturated heterocycles. The first kappa shape index (κ1) is 33.0. The van der Waals surface area contributed by atoms with Crippen molar-refractivity contribution in [2.45, 2.75) is 63.1 Å². The van der Waals surface area contributed by atoms with Crippen LogP contribution in [0.4, 0.5) is 10.5 Å². The number of likely N-dealkylation sites (tertiary alicyclic amines) is 1. The van der Waals surface area contributed by atoms with E-state index in [1.165, 1.54) is 11.1 Å². The van der Waals surface area contributed by atoms with Crippen molar-refractivity contribution < 1.29 is 28.0 Å². The number of aryl methyl sites for hydroxylation is 1. The number of carbonyl (C=O) groups is 2. The lowest BCUT2D eigenvalue weighted by Gasteiger charge is -2.48. The summed E-state index contributed by atoms with van der Waals surface area (Å²) in [5.41, 5.74) is 4.59. The first-order valence-corrected chi connectivity index (χ1v) is 19.7. The highest BCUT2D eigenvalue weighted by atomic mass is 35.5. The van der Waals surface area contributed by atoms with Crippen LogP contribution in [0.15, 0.2) is 52.4 Å². The molecule has 2 aromatic rings. The lowest BCUT2D eigenvalue weighted by molar-refractivity contribution is -0.0290. The molecule has 3 aliphatic heterocycles. The summed E-state index contributed by atoms with van der Waals surface area (Å²) in [6.45, 7) is 5.36. The molecular formula is C37H45ClN4O6S. The third kappa shape index (κ3) is 6.04. The molecule has 6 aliphatic rings. The van der Waals surface area contributed by atoms with Crippen LogP contribution in [0.2, 0.25) is 5.02 Å². The molecule has 3 aliphatic carbocycles. The van der Waals surface area contributed by atoms with Gasteiger partial charge in [0.15, 0.2) is 0 Å². The van der Waals surface area contributed by atoms with Crippen LogP contribution < -0.4 is 14.4 Å². The zero-order valence-electron chi connectivity index (χ0n) is 28.2. The molecule has 1 unspecified atom stereocenters. The van der Waals surface area contributed by atoms with Gasteiger partial charge < -0.3 is 24.0 Å². The van der Waals surface area contributed by atoms with Crippen LogP contribution in [0.5, 0.6) is 5.75 Å². The Hall–Kier alpha value is -3.12.